The lowest BCUT2D eigenvalue weighted by atomic mass is 9.99. The van der Waals surface area contributed by atoms with Gasteiger partial charge in [0.25, 0.3) is 0 Å². The third-order valence-electron chi connectivity index (χ3n) is 3.87. The van der Waals surface area contributed by atoms with Crippen LogP contribution in [0.2, 0.25) is 0 Å². The predicted molar refractivity (Wildman–Crippen MR) is 62.2 cm³/mol. The summed E-state index contributed by atoms with van der Waals surface area (Å²) < 4.78 is 0. The summed E-state index contributed by atoms with van der Waals surface area (Å²) in [5.41, 5.74) is 10.8. The second-order valence-electron chi connectivity index (χ2n) is 4.70. The number of benzene rings is 2. The van der Waals surface area contributed by atoms with Gasteiger partial charge in [0.2, 0.25) is 0 Å². The molecule has 2 aromatic rings. The summed E-state index contributed by atoms with van der Waals surface area (Å²) in [7, 11) is 0. The van der Waals surface area contributed by atoms with Gasteiger partial charge in [-0.3, -0.25) is 0 Å². The van der Waals surface area contributed by atoms with Gasteiger partial charge in [-0.2, -0.15) is 0 Å². The Morgan fingerprint density at radius 3 is 2.40 bits per heavy atom. The minimum absolute atomic E-state index is 1.14. The molecule has 0 heterocycles. The van der Waals surface area contributed by atoms with Crippen molar-refractivity contribution in [3.05, 3.63) is 58.1 Å². The van der Waals surface area contributed by atoms with E-state index in [1.165, 1.54) is 22.3 Å². The van der Waals surface area contributed by atoms with Gasteiger partial charge in [-0.15, -0.1) is 0 Å². The van der Waals surface area contributed by atoms with Gasteiger partial charge in [-0.25, -0.2) is 0 Å². The molecule has 0 heteroatoms. The molecule has 0 nitrogen and oxygen atoms in total. The van der Waals surface area contributed by atoms with Crippen molar-refractivity contribution < 1.29 is 0 Å². The fraction of sp³-hybridized carbons (Fsp3) is 0.200. The fourth-order valence-electron chi connectivity index (χ4n) is 3.15. The van der Waals surface area contributed by atoms with Gasteiger partial charge in [-0.05, 0) is 58.7 Å². The van der Waals surface area contributed by atoms with Crippen LogP contribution in [-0.4, -0.2) is 0 Å². The maximum absolute atomic E-state index is 2.31. The molecule has 0 spiro atoms. The van der Waals surface area contributed by atoms with Crippen LogP contribution in [0.5, 0.6) is 0 Å². The van der Waals surface area contributed by atoms with E-state index in [0.717, 1.165) is 12.8 Å². The summed E-state index contributed by atoms with van der Waals surface area (Å²) in [6, 6.07) is 11.4. The van der Waals surface area contributed by atoms with E-state index in [1.807, 2.05) is 0 Å². The monoisotopic (exact) mass is 192 g/mol. The summed E-state index contributed by atoms with van der Waals surface area (Å²) in [4.78, 5) is 0. The maximum Gasteiger partial charge on any atom is -0.00106 e. The minimum atomic E-state index is 1.14. The Kier molecular flexibility index (Phi) is 1.19. The molecule has 0 aliphatic heterocycles. The molecule has 15 heavy (non-hydrogen) atoms. The van der Waals surface area contributed by atoms with E-state index in [2.05, 4.69) is 37.3 Å². The first-order valence-electron chi connectivity index (χ1n) is 5.57. The molecule has 0 unspecified atom stereocenters. The summed E-state index contributed by atoms with van der Waals surface area (Å²) in [6.07, 6.45) is 2.30. The SMILES string of the molecule is Cc1ccc2c3c1Cc1cccc(c1-3)C2. The van der Waals surface area contributed by atoms with Crippen molar-refractivity contribution >= 4 is 0 Å². The highest BCUT2D eigenvalue weighted by atomic mass is 14.3. The Morgan fingerprint density at radius 2 is 1.53 bits per heavy atom. The zero-order chi connectivity index (χ0) is 9.99. The molecule has 0 bridgehead atoms. The molecule has 4 rings (SSSR count). The van der Waals surface area contributed by atoms with E-state index in [0.29, 0.717) is 0 Å². The fourth-order valence-corrected chi connectivity index (χ4v) is 3.15. The summed E-state index contributed by atoms with van der Waals surface area (Å²) >= 11 is 0. The smallest absolute Gasteiger partial charge is 0.00106 e. The molecule has 2 aliphatic carbocycles. The lowest BCUT2D eigenvalue weighted by molar-refractivity contribution is 1.16. The first-order chi connectivity index (χ1) is 7.34. The Labute approximate surface area is 89.6 Å². The standard InChI is InChI=1S/C15H12/c1-9-5-6-12-7-10-3-2-4-11-8-13(9)15(12)14(10)11/h2-6H,7-8H2,1H3. The predicted octanol–water partition coefficient (Wildman–Crippen LogP) is 3.47. The highest BCUT2D eigenvalue weighted by Crippen LogP contribution is 2.47. The maximum atomic E-state index is 2.31. The van der Waals surface area contributed by atoms with Gasteiger partial charge in [0.15, 0.2) is 0 Å². The van der Waals surface area contributed by atoms with Crippen molar-refractivity contribution in [2.45, 2.75) is 19.8 Å². The van der Waals surface area contributed by atoms with Crippen molar-refractivity contribution in [3.8, 4) is 11.1 Å². The topological polar surface area (TPSA) is 0 Å². The Morgan fingerprint density at radius 1 is 0.800 bits per heavy atom. The van der Waals surface area contributed by atoms with Gasteiger partial charge in [-0.1, -0.05) is 30.3 Å². The number of aryl methyl sites for hydroxylation is 1. The zero-order valence-electron chi connectivity index (χ0n) is 8.80. The average Bonchev–Trinajstić information content (AvgIpc) is 2.79. The van der Waals surface area contributed by atoms with Crippen LogP contribution in [0.3, 0.4) is 0 Å². The highest BCUT2D eigenvalue weighted by molar-refractivity contribution is 5.87. The normalized spacial score (nSPS) is 14.5. The summed E-state index contributed by atoms with van der Waals surface area (Å²) in [5, 5.41) is 0. The van der Waals surface area contributed by atoms with Crippen molar-refractivity contribution in [1.82, 2.24) is 0 Å². The molecule has 72 valence electrons. The van der Waals surface area contributed by atoms with Crippen molar-refractivity contribution in [3.63, 3.8) is 0 Å². The second-order valence-corrected chi connectivity index (χ2v) is 4.70. The molecule has 0 fully saturated rings. The summed E-state index contributed by atoms with van der Waals surface area (Å²) in [6.45, 7) is 2.24. The van der Waals surface area contributed by atoms with Crippen molar-refractivity contribution in [2.24, 2.45) is 0 Å². The number of hydrogen-bond donors (Lipinski definition) is 0. The van der Waals surface area contributed by atoms with Crippen LogP contribution in [0.4, 0.5) is 0 Å². The molecule has 0 saturated heterocycles. The van der Waals surface area contributed by atoms with Crippen LogP contribution >= 0.6 is 0 Å². The second kappa shape index (κ2) is 2.33. The quantitative estimate of drug-likeness (QED) is 0.400. The first-order valence-corrected chi connectivity index (χ1v) is 5.57. The van der Waals surface area contributed by atoms with E-state index in [1.54, 1.807) is 16.7 Å². The van der Waals surface area contributed by atoms with E-state index >= 15 is 0 Å². The van der Waals surface area contributed by atoms with Crippen molar-refractivity contribution in [1.29, 1.82) is 0 Å². The van der Waals surface area contributed by atoms with E-state index in [-0.39, 0.29) is 0 Å². The Hall–Kier alpha value is -1.56. The van der Waals surface area contributed by atoms with Gasteiger partial charge < -0.3 is 0 Å². The molecule has 0 aromatic heterocycles. The van der Waals surface area contributed by atoms with Crippen molar-refractivity contribution in [2.75, 3.05) is 0 Å². The number of rotatable bonds is 0. The number of hydrogen-bond acceptors (Lipinski definition) is 0. The first kappa shape index (κ1) is 7.70. The van der Waals surface area contributed by atoms with E-state index in [9.17, 15) is 0 Å². The van der Waals surface area contributed by atoms with Gasteiger partial charge in [0, 0.05) is 0 Å². The highest BCUT2D eigenvalue weighted by Gasteiger charge is 2.29. The van der Waals surface area contributed by atoms with Gasteiger partial charge >= 0.3 is 0 Å². The molecule has 0 atom stereocenters. The van der Waals surface area contributed by atoms with Crippen LogP contribution in [0, 0.1) is 6.92 Å². The van der Waals surface area contributed by atoms with Crippen LogP contribution in [0.15, 0.2) is 30.3 Å². The molecular weight excluding hydrogens is 180 g/mol. The molecule has 0 N–H and O–H groups in total. The lowest BCUT2D eigenvalue weighted by Crippen LogP contribution is -1.91. The third kappa shape index (κ3) is 0.790. The molecular formula is C15H12. The summed E-state index contributed by atoms with van der Waals surface area (Å²) in [5.74, 6) is 0. The molecule has 2 aliphatic rings. The average molecular weight is 192 g/mol. The van der Waals surface area contributed by atoms with Crippen LogP contribution in [0.1, 0.15) is 27.8 Å². The third-order valence-corrected chi connectivity index (χ3v) is 3.87. The lowest BCUT2D eigenvalue weighted by Gasteiger charge is -2.05. The molecule has 0 saturated carbocycles. The molecule has 0 radical (unpaired) electrons. The van der Waals surface area contributed by atoms with Gasteiger partial charge in [0.05, 0.1) is 0 Å². The van der Waals surface area contributed by atoms with E-state index in [4.69, 9.17) is 0 Å². The largest absolute Gasteiger partial charge is 0.0617 e. The zero-order valence-corrected chi connectivity index (χ0v) is 8.80. The Bertz CT molecular complexity index is 591. The van der Waals surface area contributed by atoms with Crippen LogP contribution in [0.25, 0.3) is 11.1 Å². The minimum Gasteiger partial charge on any atom is -0.0617 e. The van der Waals surface area contributed by atoms with Crippen LogP contribution < -0.4 is 0 Å². The molecule has 0 amide bonds. The molecule has 2 aromatic carbocycles. The Balaban J connectivity index is 2.20. The van der Waals surface area contributed by atoms with Gasteiger partial charge in [0.1, 0.15) is 0 Å². The van der Waals surface area contributed by atoms with E-state index < -0.39 is 0 Å². The van der Waals surface area contributed by atoms with Crippen LogP contribution in [-0.2, 0) is 12.8 Å².